The molecule has 0 atom stereocenters. The van der Waals surface area contributed by atoms with Gasteiger partial charge >= 0.3 is 0 Å². The van der Waals surface area contributed by atoms with Gasteiger partial charge in [0.25, 0.3) is 5.91 Å². The number of aromatic nitrogens is 2. The molecule has 0 saturated carbocycles. The predicted molar refractivity (Wildman–Crippen MR) is 76.1 cm³/mol. The highest BCUT2D eigenvalue weighted by atomic mass is 16.2. The highest BCUT2D eigenvalue weighted by molar-refractivity contribution is 5.94. The molecule has 0 spiro atoms. The number of unbranched alkanes of at least 4 members (excludes halogenated alkanes) is 1. The number of nitrogens with zero attached hydrogens (tertiary/aromatic N) is 2. The molecule has 0 aromatic carbocycles. The first-order valence-corrected chi connectivity index (χ1v) is 6.58. The highest BCUT2D eigenvalue weighted by Gasteiger charge is 2.06. The van der Waals surface area contributed by atoms with E-state index in [0.717, 1.165) is 17.8 Å². The maximum absolute atomic E-state index is 11.8. The van der Waals surface area contributed by atoms with Gasteiger partial charge in [-0.1, -0.05) is 6.07 Å². The van der Waals surface area contributed by atoms with Crippen LogP contribution < -0.4 is 5.32 Å². The van der Waals surface area contributed by atoms with Crippen molar-refractivity contribution in [1.82, 2.24) is 15.3 Å². The number of nitrogens with one attached hydrogen (secondary N) is 1. The van der Waals surface area contributed by atoms with Gasteiger partial charge in [-0.25, -0.2) is 0 Å². The van der Waals surface area contributed by atoms with Gasteiger partial charge in [0.15, 0.2) is 0 Å². The van der Waals surface area contributed by atoms with Crippen LogP contribution in [0.5, 0.6) is 0 Å². The lowest BCUT2D eigenvalue weighted by molar-refractivity contribution is 0.0951. The Hall–Kier alpha value is -2.27. The normalized spacial score (nSPS) is 10.2. The van der Waals surface area contributed by atoms with Gasteiger partial charge in [0, 0.05) is 25.5 Å². The van der Waals surface area contributed by atoms with Crippen molar-refractivity contribution < 1.29 is 9.90 Å². The molecule has 2 aromatic heterocycles. The van der Waals surface area contributed by atoms with E-state index < -0.39 is 0 Å². The van der Waals surface area contributed by atoms with E-state index >= 15 is 0 Å². The maximum Gasteiger partial charge on any atom is 0.252 e. The lowest BCUT2D eigenvalue weighted by Crippen LogP contribution is -2.24. The molecule has 0 aliphatic heterocycles. The van der Waals surface area contributed by atoms with Gasteiger partial charge in [-0.3, -0.25) is 14.8 Å². The van der Waals surface area contributed by atoms with Crippen molar-refractivity contribution in [2.24, 2.45) is 0 Å². The molecule has 2 heterocycles. The molecule has 0 saturated heterocycles. The molecule has 0 radical (unpaired) electrons. The zero-order valence-corrected chi connectivity index (χ0v) is 11.1. The topological polar surface area (TPSA) is 75.1 Å². The summed E-state index contributed by atoms with van der Waals surface area (Å²) in [7, 11) is 0. The highest BCUT2D eigenvalue weighted by Crippen LogP contribution is 2.13. The average molecular weight is 271 g/mol. The number of aliphatic hydroxyl groups excluding tert-OH is 1. The van der Waals surface area contributed by atoms with Gasteiger partial charge in [0.05, 0.1) is 17.0 Å². The van der Waals surface area contributed by atoms with Gasteiger partial charge in [0.2, 0.25) is 0 Å². The third-order valence-corrected chi connectivity index (χ3v) is 2.82. The van der Waals surface area contributed by atoms with E-state index in [9.17, 15) is 4.79 Å². The van der Waals surface area contributed by atoms with Crippen LogP contribution in [0.15, 0.2) is 42.7 Å². The summed E-state index contributed by atoms with van der Waals surface area (Å²) in [5.41, 5.74) is 2.04. The van der Waals surface area contributed by atoms with Crippen LogP contribution >= 0.6 is 0 Å². The van der Waals surface area contributed by atoms with E-state index in [1.54, 1.807) is 24.5 Å². The first kappa shape index (κ1) is 14.1. The minimum Gasteiger partial charge on any atom is -0.396 e. The lowest BCUT2D eigenvalue weighted by atomic mass is 10.2. The number of carbonyl (C=O) groups excluding carboxylic acids is 1. The molecule has 0 bridgehead atoms. The van der Waals surface area contributed by atoms with Gasteiger partial charge < -0.3 is 10.4 Å². The van der Waals surface area contributed by atoms with E-state index in [-0.39, 0.29) is 12.5 Å². The standard InChI is InChI=1S/C15H17N3O2/c19-10-4-3-9-17-15(20)12-6-7-14(18-11-12)13-5-1-2-8-16-13/h1-2,5-8,11,19H,3-4,9-10H2,(H,17,20). The van der Waals surface area contributed by atoms with Gasteiger partial charge in [-0.2, -0.15) is 0 Å². The fraction of sp³-hybridized carbons (Fsp3) is 0.267. The van der Waals surface area contributed by atoms with Crippen LogP contribution in [0.2, 0.25) is 0 Å². The van der Waals surface area contributed by atoms with E-state index in [1.807, 2.05) is 18.2 Å². The number of hydrogen-bond acceptors (Lipinski definition) is 4. The number of rotatable bonds is 6. The Balaban J connectivity index is 1.96. The third kappa shape index (κ3) is 3.86. The molecular formula is C15H17N3O2. The fourth-order valence-electron chi connectivity index (χ4n) is 1.73. The first-order valence-electron chi connectivity index (χ1n) is 6.58. The zero-order chi connectivity index (χ0) is 14.2. The molecule has 2 N–H and O–H groups in total. The van der Waals surface area contributed by atoms with Crippen molar-refractivity contribution in [2.75, 3.05) is 13.2 Å². The SMILES string of the molecule is O=C(NCCCCO)c1ccc(-c2ccccn2)nc1. The molecule has 5 nitrogen and oxygen atoms in total. The Labute approximate surface area is 117 Å². The summed E-state index contributed by atoms with van der Waals surface area (Å²) in [5, 5.41) is 11.4. The van der Waals surface area contributed by atoms with Crippen molar-refractivity contribution in [3.8, 4) is 11.4 Å². The van der Waals surface area contributed by atoms with E-state index in [2.05, 4.69) is 15.3 Å². The van der Waals surface area contributed by atoms with E-state index in [1.165, 1.54) is 0 Å². The summed E-state index contributed by atoms with van der Waals surface area (Å²) in [6.07, 6.45) is 4.71. The molecule has 104 valence electrons. The smallest absolute Gasteiger partial charge is 0.252 e. The minimum atomic E-state index is -0.150. The lowest BCUT2D eigenvalue weighted by Gasteiger charge is -2.05. The molecule has 0 fully saturated rings. The largest absolute Gasteiger partial charge is 0.396 e. The Morgan fingerprint density at radius 1 is 1.10 bits per heavy atom. The summed E-state index contributed by atoms with van der Waals surface area (Å²) in [6.45, 7) is 0.706. The molecule has 2 aromatic rings. The molecule has 0 aliphatic rings. The summed E-state index contributed by atoms with van der Waals surface area (Å²) in [6, 6.07) is 9.13. The third-order valence-electron chi connectivity index (χ3n) is 2.82. The number of carbonyl (C=O) groups is 1. The van der Waals surface area contributed by atoms with Crippen molar-refractivity contribution >= 4 is 5.91 Å². The van der Waals surface area contributed by atoms with Crippen LogP contribution in [-0.2, 0) is 0 Å². The Morgan fingerprint density at radius 3 is 2.60 bits per heavy atom. The van der Waals surface area contributed by atoms with Crippen LogP contribution in [-0.4, -0.2) is 34.1 Å². The number of hydrogen-bond donors (Lipinski definition) is 2. The quantitative estimate of drug-likeness (QED) is 0.783. The molecule has 0 unspecified atom stereocenters. The maximum atomic E-state index is 11.8. The summed E-state index contributed by atoms with van der Waals surface area (Å²) in [4.78, 5) is 20.3. The van der Waals surface area contributed by atoms with Crippen molar-refractivity contribution in [3.05, 3.63) is 48.3 Å². The van der Waals surface area contributed by atoms with Crippen LogP contribution in [0.1, 0.15) is 23.2 Å². The number of aliphatic hydroxyl groups is 1. The molecule has 1 amide bonds. The van der Waals surface area contributed by atoms with Crippen molar-refractivity contribution in [1.29, 1.82) is 0 Å². The zero-order valence-electron chi connectivity index (χ0n) is 11.1. The summed E-state index contributed by atoms with van der Waals surface area (Å²) >= 11 is 0. The Kier molecular flexibility index (Phi) is 5.20. The second-order valence-corrected chi connectivity index (χ2v) is 4.33. The van der Waals surface area contributed by atoms with E-state index in [4.69, 9.17) is 5.11 Å². The van der Waals surface area contributed by atoms with Gasteiger partial charge in [-0.15, -0.1) is 0 Å². The first-order chi connectivity index (χ1) is 9.81. The van der Waals surface area contributed by atoms with Crippen LogP contribution in [0.25, 0.3) is 11.4 Å². The second kappa shape index (κ2) is 7.35. The number of amides is 1. The summed E-state index contributed by atoms with van der Waals surface area (Å²) in [5.74, 6) is -0.150. The molecule has 20 heavy (non-hydrogen) atoms. The monoisotopic (exact) mass is 271 g/mol. The minimum absolute atomic E-state index is 0.149. The fourth-order valence-corrected chi connectivity index (χ4v) is 1.73. The average Bonchev–Trinajstić information content (AvgIpc) is 2.52. The van der Waals surface area contributed by atoms with Crippen molar-refractivity contribution in [3.63, 3.8) is 0 Å². The molecule has 2 rings (SSSR count). The van der Waals surface area contributed by atoms with Gasteiger partial charge in [0.1, 0.15) is 0 Å². The molecule has 0 aliphatic carbocycles. The van der Waals surface area contributed by atoms with Crippen molar-refractivity contribution in [2.45, 2.75) is 12.8 Å². The molecular weight excluding hydrogens is 254 g/mol. The van der Waals surface area contributed by atoms with Crippen LogP contribution in [0.3, 0.4) is 0 Å². The van der Waals surface area contributed by atoms with E-state index in [0.29, 0.717) is 18.5 Å². The van der Waals surface area contributed by atoms with Crippen LogP contribution in [0, 0.1) is 0 Å². The second-order valence-electron chi connectivity index (χ2n) is 4.33. The summed E-state index contributed by atoms with van der Waals surface area (Å²) < 4.78 is 0. The number of pyridine rings is 2. The van der Waals surface area contributed by atoms with Crippen LogP contribution in [0.4, 0.5) is 0 Å². The Bertz CT molecular complexity index is 541. The Morgan fingerprint density at radius 2 is 1.95 bits per heavy atom. The van der Waals surface area contributed by atoms with Gasteiger partial charge in [-0.05, 0) is 37.1 Å². The molecule has 5 heteroatoms. The predicted octanol–water partition coefficient (Wildman–Crippen LogP) is 1.65.